The van der Waals surface area contributed by atoms with Crippen molar-refractivity contribution in [2.24, 2.45) is 0 Å². The second-order valence-corrected chi connectivity index (χ2v) is 7.43. The molecule has 0 saturated carbocycles. The van der Waals surface area contributed by atoms with Gasteiger partial charge in [-0.1, -0.05) is 0 Å². The van der Waals surface area contributed by atoms with Crippen molar-refractivity contribution in [3.05, 3.63) is 29.6 Å². The van der Waals surface area contributed by atoms with Gasteiger partial charge in [-0.05, 0) is 43.9 Å². The van der Waals surface area contributed by atoms with Crippen LogP contribution in [0.1, 0.15) is 31.2 Å². The summed E-state index contributed by atoms with van der Waals surface area (Å²) >= 11 is 0. The number of fused-ring (bicyclic) bond motifs is 2. The van der Waals surface area contributed by atoms with Gasteiger partial charge >= 0.3 is 0 Å². The fraction of sp³-hybridized carbons (Fsp3) is 0.571. The lowest BCUT2D eigenvalue weighted by molar-refractivity contribution is 0.0149. The number of halogens is 1. The van der Waals surface area contributed by atoms with Crippen LogP contribution in [0.3, 0.4) is 0 Å². The van der Waals surface area contributed by atoms with E-state index < -0.39 is 22.2 Å². The molecule has 5 heteroatoms. The van der Waals surface area contributed by atoms with Crippen LogP contribution in [-0.2, 0) is 16.4 Å². The summed E-state index contributed by atoms with van der Waals surface area (Å²) in [5.74, 6) is 0.110. The highest BCUT2D eigenvalue weighted by atomic mass is 32.2. The average Bonchev–Trinajstić information content (AvgIpc) is 2.63. The lowest BCUT2D eigenvalue weighted by atomic mass is 9.85. The zero-order valence-electron chi connectivity index (χ0n) is 10.8. The summed E-state index contributed by atoms with van der Waals surface area (Å²) in [4.78, 5) is 0. The molecular formula is C14H17FO3S. The molecule has 104 valence electrons. The van der Waals surface area contributed by atoms with E-state index in [9.17, 15) is 13.7 Å². The van der Waals surface area contributed by atoms with Crippen LogP contribution < -0.4 is 4.74 Å². The van der Waals surface area contributed by atoms with Crippen LogP contribution in [0.25, 0.3) is 0 Å². The third-order valence-corrected chi connectivity index (χ3v) is 6.39. The summed E-state index contributed by atoms with van der Waals surface area (Å²) < 4.78 is 31.1. The molecule has 2 aliphatic heterocycles. The van der Waals surface area contributed by atoms with E-state index in [4.69, 9.17) is 4.74 Å². The number of benzene rings is 1. The van der Waals surface area contributed by atoms with Gasteiger partial charge in [-0.3, -0.25) is 4.21 Å². The molecule has 0 aliphatic carbocycles. The number of aliphatic hydroxyl groups is 1. The van der Waals surface area contributed by atoms with E-state index in [1.807, 2.05) is 0 Å². The van der Waals surface area contributed by atoms with Gasteiger partial charge in [0.15, 0.2) is 0 Å². The lowest BCUT2D eigenvalue weighted by Crippen LogP contribution is -2.40. The van der Waals surface area contributed by atoms with Gasteiger partial charge in [-0.15, -0.1) is 0 Å². The van der Waals surface area contributed by atoms with Crippen LogP contribution >= 0.6 is 0 Å². The number of hydrogen-bond donors (Lipinski definition) is 1. The molecule has 0 amide bonds. The third-order valence-electron chi connectivity index (χ3n) is 4.27. The summed E-state index contributed by atoms with van der Waals surface area (Å²) in [5.41, 5.74) is -0.932. The van der Waals surface area contributed by atoms with Gasteiger partial charge in [0.25, 0.3) is 0 Å². The van der Waals surface area contributed by atoms with Crippen LogP contribution in [0, 0.1) is 5.82 Å². The van der Waals surface area contributed by atoms with E-state index in [0.717, 1.165) is 12.8 Å². The van der Waals surface area contributed by atoms with Crippen molar-refractivity contribution >= 4 is 10.8 Å². The molecule has 1 aromatic rings. The molecule has 3 nitrogen and oxygen atoms in total. The fourth-order valence-corrected chi connectivity index (χ4v) is 5.45. The summed E-state index contributed by atoms with van der Waals surface area (Å²) in [6.45, 7) is 0. The van der Waals surface area contributed by atoms with Gasteiger partial charge in [0, 0.05) is 26.9 Å². The largest absolute Gasteiger partial charge is 0.497 e. The van der Waals surface area contributed by atoms with E-state index in [0.29, 0.717) is 18.6 Å². The van der Waals surface area contributed by atoms with Gasteiger partial charge in [0.05, 0.1) is 12.7 Å². The Hall–Kier alpha value is -0.940. The maximum Gasteiger partial charge on any atom is 0.129 e. The summed E-state index contributed by atoms with van der Waals surface area (Å²) in [5, 5.41) is 10.8. The van der Waals surface area contributed by atoms with E-state index in [2.05, 4.69) is 0 Å². The molecule has 2 aliphatic rings. The Bertz CT molecular complexity index is 515. The topological polar surface area (TPSA) is 46.5 Å². The Morgan fingerprint density at radius 1 is 1.37 bits per heavy atom. The van der Waals surface area contributed by atoms with Crippen molar-refractivity contribution in [1.29, 1.82) is 0 Å². The zero-order chi connectivity index (χ0) is 13.6. The molecule has 1 N–H and O–H groups in total. The van der Waals surface area contributed by atoms with Crippen LogP contribution in [0.15, 0.2) is 18.2 Å². The molecule has 2 unspecified atom stereocenters. The number of hydrogen-bond acceptors (Lipinski definition) is 3. The highest BCUT2D eigenvalue weighted by molar-refractivity contribution is 7.86. The maximum atomic E-state index is 14.0. The Morgan fingerprint density at radius 2 is 2.00 bits per heavy atom. The summed E-state index contributed by atoms with van der Waals surface area (Å²) in [7, 11) is 0.648. The Morgan fingerprint density at radius 3 is 2.58 bits per heavy atom. The summed E-state index contributed by atoms with van der Waals surface area (Å²) in [6, 6.07) is 4.42. The van der Waals surface area contributed by atoms with Gasteiger partial charge in [-0.25, -0.2) is 4.39 Å². The molecule has 19 heavy (non-hydrogen) atoms. The SMILES string of the molecule is COc1ccc(F)c(C2(O)CC3CCC(C2)S3=O)c1. The Balaban J connectivity index is 1.99. The van der Waals surface area contributed by atoms with E-state index >= 15 is 0 Å². The minimum Gasteiger partial charge on any atom is -0.497 e. The van der Waals surface area contributed by atoms with E-state index in [1.165, 1.54) is 19.2 Å². The second kappa shape index (κ2) is 4.56. The van der Waals surface area contributed by atoms with E-state index in [-0.39, 0.29) is 16.1 Å². The molecule has 2 heterocycles. The predicted molar refractivity (Wildman–Crippen MR) is 71.0 cm³/mol. The minimum absolute atomic E-state index is 0.00523. The highest BCUT2D eigenvalue weighted by Crippen LogP contribution is 2.46. The Labute approximate surface area is 114 Å². The fourth-order valence-electron chi connectivity index (χ4n) is 3.29. The molecule has 0 radical (unpaired) electrons. The molecule has 2 atom stereocenters. The minimum atomic E-state index is -1.21. The van der Waals surface area contributed by atoms with Crippen molar-refractivity contribution in [1.82, 2.24) is 0 Å². The quantitative estimate of drug-likeness (QED) is 0.904. The van der Waals surface area contributed by atoms with Crippen molar-refractivity contribution in [3.8, 4) is 5.75 Å². The van der Waals surface area contributed by atoms with E-state index in [1.54, 1.807) is 6.07 Å². The first-order valence-electron chi connectivity index (χ1n) is 6.49. The zero-order valence-corrected chi connectivity index (χ0v) is 11.6. The normalized spacial score (nSPS) is 37.3. The maximum absolute atomic E-state index is 14.0. The van der Waals surface area contributed by atoms with Crippen LogP contribution in [0.4, 0.5) is 4.39 Å². The average molecular weight is 284 g/mol. The lowest BCUT2D eigenvalue weighted by Gasteiger charge is -2.36. The first kappa shape index (κ1) is 13.1. The monoisotopic (exact) mass is 284 g/mol. The molecule has 2 saturated heterocycles. The predicted octanol–water partition coefficient (Wildman–Crippen LogP) is 2.10. The molecule has 2 fully saturated rings. The third kappa shape index (κ3) is 2.09. The number of ether oxygens (including phenoxy) is 1. The molecule has 1 aromatic carbocycles. The molecule has 2 bridgehead atoms. The number of methoxy groups -OCH3 is 1. The second-order valence-electron chi connectivity index (χ2n) is 5.44. The van der Waals surface area contributed by atoms with Crippen LogP contribution in [-0.4, -0.2) is 26.9 Å². The van der Waals surface area contributed by atoms with Gasteiger partial charge in [0.1, 0.15) is 11.6 Å². The molecule has 0 aromatic heterocycles. The van der Waals surface area contributed by atoms with Crippen LogP contribution in [0.5, 0.6) is 5.75 Å². The molecule has 0 spiro atoms. The Kier molecular flexibility index (Phi) is 3.14. The first-order valence-corrected chi connectivity index (χ1v) is 7.77. The number of rotatable bonds is 2. The molecular weight excluding hydrogens is 267 g/mol. The highest BCUT2D eigenvalue weighted by Gasteiger charge is 2.49. The van der Waals surface area contributed by atoms with Crippen molar-refractivity contribution in [3.63, 3.8) is 0 Å². The van der Waals surface area contributed by atoms with Crippen molar-refractivity contribution < 1.29 is 18.4 Å². The first-order chi connectivity index (χ1) is 9.03. The van der Waals surface area contributed by atoms with Crippen molar-refractivity contribution in [2.75, 3.05) is 7.11 Å². The van der Waals surface area contributed by atoms with Crippen molar-refractivity contribution in [2.45, 2.75) is 41.8 Å². The molecule has 3 rings (SSSR count). The summed E-state index contributed by atoms with van der Waals surface area (Å²) in [6.07, 6.45) is 2.48. The smallest absolute Gasteiger partial charge is 0.129 e. The van der Waals surface area contributed by atoms with Gasteiger partial charge < -0.3 is 9.84 Å². The van der Waals surface area contributed by atoms with Gasteiger partial charge in [0.2, 0.25) is 0 Å². The van der Waals surface area contributed by atoms with Crippen LogP contribution in [0.2, 0.25) is 0 Å². The standard InChI is InChI=1S/C14H17FO3S/c1-18-9-2-5-13(15)12(6-9)14(16)7-10-3-4-11(8-14)19(10)17/h2,5-6,10-11,16H,3-4,7-8H2,1H3. The van der Waals surface area contributed by atoms with Gasteiger partial charge in [-0.2, -0.15) is 0 Å².